The number of benzene rings is 1. The van der Waals surface area contributed by atoms with E-state index in [1.165, 1.54) is 19.2 Å². The lowest BCUT2D eigenvalue weighted by Crippen LogP contribution is -2.46. The lowest BCUT2D eigenvalue weighted by atomic mass is 9.96. The Labute approximate surface area is 122 Å². The molecule has 112 valence electrons. The molecule has 0 radical (unpaired) electrons. The summed E-state index contributed by atoms with van der Waals surface area (Å²) in [5.74, 6) is -0.386. The van der Waals surface area contributed by atoms with E-state index < -0.39 is 17.4 Å². The van der Waals surface area contributed by atoms with Gasteiger partial charge in [0.05, 0.1) is 13.7 Å². The van der Waals surface area contributed by atoms with Crippen LogP contribution in [0.25, 0.3) is 0 Å². The molecular weight excluding hydrogens is 275 g/mol. The molecule has 3 rings (SSSR count). The van der Waals surface area contributed by atoms with E-state index in [1.807, 2.05) is 0 Å². The maximum atomic E-state index is 13.7. The second kappa shape index (κ2) is 4.72. The molecule has 1 aromatic carbocycles. The van der Waals surface area contributed by atoms with E-state index in [0.717, 1.165) is 17.7 Å². The largest absolute Gasteiger partial charge is 0.494 e. The normalized spacial score (nSPS) is 25.2. The maximum Gasteiger partial charge on any atom is 0.325 e. The summed E-state index contributed by atoms with van der Waals surface area (Å²) in [6.45, 7) is 1.83. The van der Waals surface area contributed by atoms with E-state index in [-0.39, 0.29) is 24.1 Å². The van der Waals surface area contributed by atoms with Crippen LogP contribution in [0.4, 0.5) is 9.18 Å². The van der Waals surface area contributed by atoms with Crippen LogP contribution in [-0.2, 0) is 11.3 Å². The van der Waals surface area contributed by atoms with E-state index in [1.54, 1.807) is 13.0 Å². The van der Waals surface area contributed by atoms with Gasteiger partial charge < -0.3 is 10.1 Å². The minimum absolute atomic E-state index is 0.0634. The third-order valence-corrected chi connectivity index (χ3v) is 4.25. The summed E-state index contributed by atoms with van der Waals surface area (Å²) >= 11 is 0. The van der Waals surface area contributed by atoms with Gasteiger partial charge in [0, 0.05) is 0 Å². The Morgan fingerprint density at radius 2 is 2.14 bits per heavy atom. The zero-order valence-corrected chi connectivity index (χ0v) is 12.0. The number of nitrogens with zero attached hydrogens (tertiary/aromatic N) is 1. The lowest BCUT2D eigenvalue weighted by molar-refractivity contribution is -0.131. The summed E-state index contributed by atoms with van der Waals surface area (Å²) in [5.41, 5.74) is -0.251. The van der Waals surface area contributed by atoms with Crippen LogP contribution in [0.3, 0.4) is 0 Å². The fraction of sp³-hybridized carbons (Fsp3) is 0.467. The zero-order chi connectivity index (χ0) is 15.2. The second-order valence-corrected chi connectivity index (χ2v) is 5.77. The summed E-state index contributed by atoms with van der Waals surface area (Å²) in [7, 11) is 1.39. The molecule has 1 N–H and O–H groups in total. The number of ether oxygens (including phenoxy) is 1. The van der Waals surface area contributed by atoms with Crippen LogP contribution < -0.4 is 10.1 Å². The van der Waals surface area contributed by atoms with E-state index in [0.29, 0.717) is 5.56 Å². The van der Waals surface area contributed by atoms with Gasteiger partial charge in [0.15, 0.2) is 11.6 Å². The van der Waals surface area contributed by atoms with Gasteiger partial charge in [-0.2, -0.15) is 0 Å². The summed E-state index contributed by atoms with van der Waals surface area (Å²) in [6.07, 6.45) is 1.90. The van der Waals surface area contributed by atoms with Crippen molar-refractivity contribution in [2.75, 3.05) is 7.11 Å². The number of hydrogen-bond donors (Lipinski definition) is 1. The Kier molecular flexibility index (Phi) is 3.11. The van der Waals surface area contributed by atoms with E-state index in [9.17, 15) is 14.0 Å². The number of halogens is 1. The highest BCUT2D eigenvalue weighted by Crippen LogP contribution is 2.42. The number of carbonyl (C=O) groups is 2. The highest BCUT2D eigenvalue weighted by molar-refractivity contribution is 6.07. The number of nitrogens with one attached hydrogen (secondary N) is 1. The summed E-state index contributed by atoms with van der Waals surface area (Å²) in [5, 5.41) is 2.77. The molecule has 1 saturated heterocycles. The Morgan fingerprint density at radius 3 is 2.71 bits per heavy atom. The van der Waals surface area contributed by atoms with Gasteiger partial charge >= 0.3 is 6.03 Å². The summed E-state index contributed by atoms with van der Waals surface area (Å²) in [6, 6.07) is 4.01. The SMILES string of the molecule is COc1ccc(CN2C(=O)NC(C)(C3CC3)C2=O)cc1F. The number of rotatable bonds is 4. The minimum Gasteiger partial charge on any atom is -0.494 e. The van der Waals surface area contributed by atoms with Crippen LogP contribution in [0.1, 0.15) is 25.3 Å². The van der Waals surface area contributed by atoms with Gasteiger partial charge in [-0.3, -0.25) is 9.69 Å². The first-order chi connectivity index (χ1) is 9.95. The van der Waals surface area contributed by atoms with Crippen LogP contribution in [-0.4, -0.2) is 29.5 Å². The lowest BCUT2D eigenvalue weighted by Gasteiger charge is -2.21. The first-order valence-corrected chi connectivity index (χ1v) is 6.92. The molecule has 1 aliphatic carbocycles. The van der Waals surface area contributed by atoms with Crippen molar-refractivity contribution in [2.24, 2.45) is 5.92 Å². The highest BCUT2D eigenvalue weighted by Gasteiger charge is 2.55. The van der Waals surface area contributed by atoms with E-state index >= 15 is 0 Å². The average Bonchev–Trinajstić information content (AvgIpc) is 3.25. The molecule has 0 aromatic heterocycles. The molecule has 1 atom stereocenters. The molecule has 1 heterocycles. The molecule has 1 aliphatic heterocycles. The number of methoxy groups -OCH3 is 1. The molecule has 3 amide bonds. The standard InChI is InChI=1S/C15H17FN2O3/c1-15(10-4-5-10)13(19)18(14(20)17-15)8-9-3-6-12(21-2)11(16)7-9/h3,6-7,10H,4-5,8H2,1-2H3,(H,17,20). The van der Waals surface area contributed by atoms with Gasteiger partial charge in [0.25, 0.3) is 5.91 Å². The van der Waals surface area contributed by atoms with Crippen molar-refractivity contribution in [3.63, 3.8) is 0 Å². The first kappa shape index (κ1) is 13.9. The quantitative estimate of drug-likeness (QED) is 0.864. The van der Waals surface area contributed by atoms with Crippen LogP contribution in [0, 0.1) is 11.7 Å². The van der Waals surface area contributed by atoms with Crippen molar-refractivity contribution in [1.29, 1.82) is 0 Å². The van der Waals surface area contributed by atoms with Gasteiger partial charge in [0.1, 0.15) is 5.54 Å². The predicted octanol–water partition coefficient (Wildman–Crippen LogP) is 2.05. The van der Waals surface area contributed by atoms with Gasteiger partial charge in [-0.15, -0.1) is 0 Å². The molecule has 1 unspecified atom stereocenters. The third-order valence-electron chi connectivity index (χ3n) is 4.25. The van der Waals surface area contributed by atoms with E-state index in [2.05, 4.69) is 5.32 Å². The van der Waals surface area contributed by atoms with Crippen LogP contribution in [0.15, 0.2) is 18.2 Å². The van der Waals surface area contributed by atoms with Crippen molar-refractivity contribution in [3.8, 4) is 5.75 Å². The Balaban J connectivity index is 1.80. The van der Waals surface area contributed by atoms with Gasteiger partial charge in [-0.05, 0) is 43.4 Å². The fourth-order valence-corrected chi connectivity index (χ4v) is 2.79. The van der Waals surface area contributed by atoms with Crippen molar-refractivity contribution in [3.05, 3.63) is 29.6 Å². The molecule has 5 nitrogen and oxygen atoms in total. The van der Waals surface area contributed by atoms with Crippen molar-refractivity contribution in [1.82, 2.24) is 10.2 Å². The Bertz CT molecular complexity index is 615. The first-order valence-electron chi connectivity index (χ1n) is 6.92. The number of urea groups is 1. The van der Waals surface area contributed by atoms with Crippen molar-refractivity contribution >= 4 is 11.9 Å². The maximum absolute atomic E-state index is 13.7. The van der Waals surface area contributed by atoms with E-state index in [4.69, 9.17) is 4.74 Å². The molecule has 1 aromatic rings. The second-order valence-electron chi connectivity index (χ2n) is 5.77. The monoisotopic (exact) mass is 292 g/mol. The topological polar surface area (TPSA) is 58.6 Å². The van der Waals surface area contributed by atoms with Gasteiger partial charge in [0.2, 0.25) is 0 Å². The number of imide groups is 1. The average molecular weight is 292 g/mol. The zero-order valence-electron chi connectivity index (χ0n) is 12.0. The fourth-order valence-electron chi connectivity index (χ4n) is 2.79. The highest BCUT2D eigenvalue weighted by atomic mass is 19.1. The number of carbonyl (C=O) groups excluding carboxylic acids is 2. The molecule has 21 heavy (non-hydrogen) atoms. The van der Waals surface area contributed by atoms with Crippen LogP contribution in [0.2, 0.25) is 0 Å². The minimum atomic E-state index is -0.803. The molecule has 0 bridgehead atoms. The molecule has 6 heteroatoms. The number of amides is 3. The molecule has 2 aliphatic rings. The smallest absolute Gasteiger partial charge is 0.325 e. The summed E-state index contributed by atoms with van der Waals surface area (Å²) in [4.78, 5) is 25.6. The Hall–Kier alpha value is -2.11. The van der Waals surface area contributed by atoms with Gasteiger partial charge in [-0.25, -0.2) is 9.18 Å². The molecule has 1 saturated carbocycles. The van der Waals surface area contributed by atoms with Crippen molar-refractivity contribution < 1.29 is 18.7 Å². The number of hydrogen-bond acceptors (Lipinski definition) is 3. The van der Waals surface area contributed by atoms with Crippen LogP contribution >= 0.6 is 0 Å². The molecule has 0 spiro atoms. The predicted molar refractivity (Wildman–Crippen MR) is 73.2 cm³/mol. The Morgan fingerprint density at radius 1 is 1.43 bits per heavy atom. The summed E-state index contributed by atoms with van der Waals surface area (Å²) < 4.78 is 18.5. The third kappa shape index (κ3) is 2.24. The molecule has 2 fully saturated rings. The molecular formula is C15H17FN2O3. The van der Waals surface area contributed by atoms with Gasteiger partial charge in [-0.1, -0.05) is 6.07 Å². The van der Waals surface area contributed by atoms with Crippen LogP contribution in [0.5, 0.6) is 5.75 Å². The van der Waals surface area contributed by atoms with Crippen molar-refractivity contribution in [2.45, 2.75) is 31.8 Å².